The first-order valence-corrected chi connectivity index (χ1v) is 5.84. The van der Waals surface area contributed by atoms with E-state index in [0.717, 1.165) is 5.56 Å². The first-order valence-electron chi connectivity index (χ1n) is 5.84. The van der Waals surface area contributed by atoms with E-state index >= 15 is 0 Å². The van der Waals surface area contributed by atoms with Crippen LogP contribution in [0.4, 0.5) is 11.4 Å². The molecule has 1 heterocycles. The standard InChI is InChI=1S/C14H15N3O2/c1-8-5-10(3-4-12(8)15)17-14(19)11-7-16-9(2)6-13(11)18/h3-7H,15H2,1-2H3,(H,16,18)(H,17,19). The number of aromatic amines is 1. The van der Waals surface area contributed by atoms with Crippen molar-refractivity contribution in [1.82, 2.24) is 4.98 Å². The van der Waals surface area contributed by atoms with Gasteiger partial charge < -0.3 is 16.0 Å². The lowest BCUT2D eigenvalue weighted by atomic mass is 10.1. The van der Waals surface area contributed by atoms with E-state index in [1.165, 1.54) is 12.3 Å². The van der Waals surface area contributed by atoms with Gasteiger partial charge in [0, 0.05) is 29.3 Å². The number of pyridine rings is 1. The fourth-order valence-corrected chi connectivity index (χ4v) is 1.70. The van der Waals surface area contributed by atoms with E-state index < -0.39 is 5.91 Å². The summed E-state index contributed by atoms with van der Waals surface area (Å²) in [6.45, 7) is 3.61. The van der Waals surface area contributed by atoms with Crippen LogP contribution < -0.4 is 16.5 Å². The molecule has 0 radical (unpaired) electrons. The number of carbonyl (C=O) groups excluding carboxylic acids is 1. The lowest BCUT2D eigenvalue weighted by Gasteiger charge is -2.07. The number of carbonyl (C=O) groups is 1. The SMILES string of the molecule is Cc1cc(=O)c(C(=O)Nc2ccc(N)c(C)c2)c[nH]1. The average Bonchev–Trinajstić information content (AvgIpc) is 2.33. The summed E-state index contributed by atoms with van der Waals surface area (Å²) in [6.07, 6.45) is 1.41. The van der Waals surface area contributed by atoms with Gasteiger partial charge in [-0.2, -0.15) is 0 Å². The second-order valence-corrected chi connectivity index (χ2v) is 4.42. The van der Waals surface area contributed by atoms with Gasteiger partial charge in [0.1, 0.15) is 5.56 Å². The van der Waals surface area contributed by atoms with Crippen LogP contribution in [0.2, 0.25) is 0 Å². The molecule has 2 aromatic rings. The first-order chi connectivity index (χ1) is 8.97. The molecule has 0 fully saturated rings. The highest BCUT2D eigenvalue weighted by Gasteiger charge is 2.10. The van der Waals surface area contributed by atoms with E-state index in [9.17, 15) is 9.59 Å². The molecular weight excluding hydrogens is 242 g/mol. The number of hydrogen-bond donors (Lipinski definition) is 3. The predicted octanol–water partition coefficient (Wildman–Crippen LogP) is 1.83. The third kappa shape index (κ3) is 2.82. The van der Waals surface area contributed by atoms with Gasteiger partial charge in [0.25, 0.3) is 5.91 Å². The summed E-state index contributed by atoms with van der Waals surface area (Å²) in [5.74, 6) is -0.439. The van der Waals surface area contributed by atoms with Gasteiger partial charge >= 0.3 is 0 Å². The van der Waals surface area contributed by atoms with Gasteiger partial charge in [-0.25, -0.2) is 0 Å². The number of H-pyrrole nitrogens is 1. The normalized spacial score (nSPS) is 10.2. The summed E-state index contributed by atoms with van der Waals surface area (Å²) in [7, 11) is 0. The Morgan fingerprint density at radius 1 is 1.26 bits per heavy atom. The van der Waals surface area contributed by atoms with Crippen molar-refractivity contribution < 1.29 is 4.79 Å². The zero-order chi connectivity index (χ0) is 14.0. The monoisotopic (exact) mass is 257 g/mol. The summed E-state index contributed by atoms with van der Waals surface area (Å²) in [4.78, 5) is 26.5. The minimum Gasteiger partial charge on any atom is -0.399 e. The van der Waals surface area contributed by atoms with Gasteiger partial charge in [-0.15, -0.1) is 0 Å². The molecule has 0 aliphatic heterocycles. The van der Waals surface area contributed by atoms with E-state index in [0.29, 0.717) is 17.1 Å². The molecule has 5 nitrogen and oxygen atoms in total. The molecule has 19 heavy (non-hydrogen) atoms. The van der Waals surface area contributed by atoms with Crippen LogP contribution in [0.1, 0.15) is 21.6 Å². The van der Waals surface area contributed by atoms with Crippen molar-refractivity contribution in [2.45, 2.75) is 13.8 Å². The Bertz CT molecular complexity index is 689. The van der Waals surface area contributed by atoms with Crippen LogP contribution in [-0.2, 0) is 0 Å². The highest BCUT2D eigenvalue weighted by atomic mass is 16.2. The molecule has 0 saturated heterocycles. The predicted molar refractivity (Wildman–Crippen MR) is 75.3 cm³/mol. The molecule has 0 bridgehead atoms. The number of aryl methyl sites for hydroxylation is 2. The number of nitrogens with one attached hydrogen (secondary N) is 2. The number of amides is 1. The summed E-state index contributed by atoms with van der Waals surface area (Å²) in [5, 5.41) is 2.67. The third-order valence-electron chi connectivity index (χ3n) is 2.83. The molecule has 0 aliphatic rings. The summed E-state index contributed by atoms with van der Waals surface area (Å²) < 4.78 is 0. The fraction of sp³-hybridized carbons (Fsp3) is 0.143. The average molecular weight is 257 g/mol. The Kier molecular flexibility index (Phi) is 3.37. The Morgan fingerprint density at radius 2 is 2.00 bits per heavy atom. The van der Waals surface area contributed by atoms with Crippen molar-refractivity contribution >= 4 is 17.3 Å². The molecule has 0 unspecified atom stereocenters. The molecular formula is C14H15N3O2. The van der Waals surface area contributed by atoms with Crippen LogP contribution >= 0.6 is 0 Å². The Morgan fingerprint density at radius 3 is 2.63 bits per heavy atom. The minimum absolute atomic E-state index is 0.0834. The lowest BCUT2D eigenvalue weighted by Crippen LogP contribution is -2.21. The zero-order valence-corrected chi connectivity index (χ0v) is 10.8. The van der Waals surface area contributed by atoms with Gasteiger partial charge in [-0.1, -0.05) is 0 Å². The van der Waals surface area contributed by atoms with Crippen molar-refractivity contribution in [3.05, 3.63) is 57.5 Å². The highest BCUT2D eigenvalue weighted by Crippen LogP contribution is 2.16. The maximum Gasteiger partial charge on any atom is 0.261 e. The molecule has 4 N–H and O–H groups in total. The number of hydrogen-bond acceptors (Lipinski definition) is 3. The summed E-state index contributed by atoms with van der Waals surface area (Å²) >= 11 is 0. The van der Waals surface area contributed by atoms with Crippen LogP contribution in [0.15, 0.2) is 35.3 Å². The van der Waals surface area contributed by atoms with Crippen LogP contribution in [0.3, 0.4) is 0 Å². The smallest absolute Gasteiger partial charge is 0.261 e. The van der Waals surface area contributed by atoms with Crippen molar-refractivity contribution in [3.63, 3.8) is 0 Å². The Labute approximate surface area is 110 Å². The third-order valence-corrected chi connectivity index (χ3v) is 2.83. The summed E-state index contributed by atoms with van der Waals surface area (Å²) in [5.41, 5.74) is 8.33. The molecule has 0 saturated carbocycles. The van der Waals surface area contributed by atoms with Gasteiger partial charge in [-0.05, 0) is 37.6 Å². The van der Waals surface area contributed by atoms with Crippen molar-refractivity contribution in [2.24, 2.45) is 0 Å². The number of aromatic nitrogens is 1. The van der Waals surface area contributed by atoms with Crippen LogP contribution in [0.25, 0.3) is 0 Å². The van der Waals surface area contributed by atoms with Gasteiger partial charge in [0.05, 0.1) is 0 Å². The van der Waals surface area contributed by atoms with E-state index in [4.69, 9.17) is 5.73 Å². The van der Waals surface area contributed by atoms with Crippen molar-refractivity contribution in [3.8, 4) is 0 Å². The second-order valence-electron chi connectivity index (χ2n) is 4.42. The van der Waals surface area contributed by atoms with Crippen LogP contribution in [0.5, 0.6) is 0 Å². The van der Waals surface area contributed by atoms with E-state index in [1.807, 2.05) is 6.92 Å². The molecule has 5 heteroatoms. The maximum atomic E-state index is 12.0. The van der Waals surface area contributed by atoms with E-state index in [2.05, 4.69) is 10.3 Å². The van der Waals surface area contributed by atoms with Crippen molar-refractivity contribution in [1.29, 1.82) is 0 Å². The number of anilines is 2. The quantitative estimate of drug-likeness (QED) is 0.717. The minimum atomic E-state index is -0.439. The van der Waals surface area contributed by atoms with Gasteiger partial charge in [0.2, 0.25) is 0 Å². The molecule has 1 aromatic carbocycles. The van der Waals surface area contributed by atoms with Gasteiger partial charge in [-0.3, -0.25) is 9.59 Å². The topological polar surface area (TPSA) is 88.0 Å². The largest absolute Gasteiger partial charge is 0.399 e. The molecule has 1 amide bonds. The Balaban J connectivity index is 2.25. The van der Waals surface area contributed by atoms with Crippen LogP contribution in [0, 0.1) is 13.8 Å². The van der Waals surface area contributed by atoms with E-state index in [1.54, 1.807) is 25.1 Å². The van der Waals surface area contributed by atoms with Crippen molar-refractivity contribution in [2.75, 3.05) is 11.1 Å². The number of rotatable bonds is 2. The highest BCUT2D eigenvalue weighted by molar-refractivity contribution is 6.04. The lowest BCUT2D eigenvalue weighted by molar-refractivity contribution is 0.102. The van der Waals surface area contributed by atoms with E-state index in [-0.39, 0.29) is 11.0 Å². The molecule has 0 aliphatic carbocycles. The second kappa shape index (κ2) is 4.97. The zero-order valence-electron chi connectivity index (χ0n) is 10.8. The molecule has 2 rings (SSSR count). The maximum absolute atomic E-state index is 12.0. The molecule has 1 aromatic heterocycles. The van der Waals surface area contributed by atoms with Crippen LogP contribution in [-0.4, -0.2) is 10.9 Å². The van der Waals surface area contributed by atoms with Gasteiger partial charge in [0.15, 0.2) is 5.43 Å². The Hall–Kier alpha value is -2.56. The number of benzene rings is 1. The molecule has 0 spiro atoms. The summed E-state index contributed by atoms with van der Waals surface area (Å²) in [6, 6.07) is 6.56. The number of nitrogen functional groups attached to an aromatic ring is 1. The molecule has 0 atom stereocenters. The first kappa shape index (κ1) is 12.9. The molecule has 98 valence electrons. The fourth-order valence-electron chi connectivity index (χ4n) is 1.70. The number of nitrogens with two attached hydrogens (primary N) is 1.